The Morgan fingerprint density at radius 1 is 1.20 bits per heavy atom. The molecule has 0 fully saturated rings. The van der Waals surface area contributed by atoms with Crippen molar-refractivity contribution in [2.24, 2.45) is 0 Å². The standard InChI is InChI=1S/C19H17FN2O2S/c1-2-11-24-16-10-6-5-9-15(16)22-18(23)17-12-21-19(25-17)13-7-3-4-8-14(13)20/h3-10,12H,2,11H2,1H3,(H,22,23). The highest BCUT2D eigenvalue weighted by Gasteiger charge is 2.15. The lowest BCUT2D eigenvalue weighted by atomic mass is 10.2. The minimum atomic E-state index is -0.359. The lowest BCUT2D eigenvalue weighted by Gasteiger charge is -2.11. The Bertz CT molecular complexity index is 879. The van der Waals surface area contributed by atoms with Crippen LogP contribution in [0.3, 0.4) is 0 Å². The molecular formula is C19H17FN2O2S. The summed E-state index contributed by atoms with van der Waals surface area (Å²) in [4.78, 5) is 17.1. The Morgan fingerprint density at radius 2 is 1.96 bits per heavy atom. The summed E-state index contributed by atoms with van der Waals surface area (Å²) in [5, 5.41) is 3.30. The van der Waals surface area contributed by atoms with Crippen LogP contribution in [-0.4, -0.2) is 17.5 Å². The minimum Gasteiger partial charge on any atom is -0.491 e. The molecule has 0 aliphatic rings. The first kappa shape index (κ1) is 17.1. The normalized spacial score (nSPS) is 10.5. The van der Waals surface area contributed by atoms with Gasteiger partial charge >= 0.3 is 0 Å². The van der Waals surface area contributed by atoms with Crippen LogP contribution in [0, 0.1) is 5.82 Å². The predicted octanol–water partition coefficient (Wildman–Crippen LogP) is 4.99. The smallest absolute Gasteiger partial charge is 0.267 e. The fraction of sp³-hybridized carbons (Fsp3) is 0.158. The molecule has 0 bridgehead atoms. The van der Waals surface area contributed by atoms with Crippen LogP contribution in [0.1, 0.15) is 23.0 Å². The number of anilines is 1. The first-order chi connectivity index (χ1) is 12.2. The van der Waals surface area contributed by atoms with Crippen molar-refractivity contribution in [2.45, 2.75) is 13.3 Å². The molecule has 6 heteroatoms. The highest BCUT2D eigenvalue weighted by atomic mass is 32.1. The van der Waals surface area contributed by atoms with Crippen molar-refractivity contribution in [1.82, 2.24) is 4.98 Å². The van der Waals surface area contributed by atoms with E-state index in [1.807, 2.05) is 25.1 Å². The molecule has 3 rings (SSSR count). The number of thiazole rings is 1. The van der Waals surface area contributed by atoms with Gasteiger partial charge < -0.3 is 10.1 Å². The molecular weight excluding hydrogens is 339 g/mol. The van der Waals surface area contributed by atoms with Crippen molar-refractivity contribution < 1.29 is 13.9 Å². The van der Waals surface area contributed by atoms with Crippen LogP contribution in [0.15, 0.2) is 54.7 Å². The van der Waals surface area contributed by atoms with Crippen LogP contribution >= 0.6 is 11.3 Å². The summed E-state index contributed by atoms with van der Waals surface area (Å²) in [5.74, 6) is -0.0358. The number of nitrogens with one attached hydrogen (secondary N) is 1. The first-order valence-electron chi connectivity index (χ1n) is 7.93. The number of hydrogen-bond acceptors (Lipinski definition) is 4. The third-order valence-electron chi connectivity index (χ3n) is 3.43. The molecule has 0 aliphatic heterocycles. The van der Waals surface area contributed by atoms with Crippen molar-refractivity contribution in [3.05, 3.63) is 65.4 Å². The van der Waals surface area contributed by atoms with Gasteiger partial charge in [0.2, 0.25) is 0 Å². The molecule has 0 atom stereocenters. The number of benzene rings is 2. The maximum absolute atomic E-state index is 13.9. The van der Waals surface area contributed by atoms with E-state index in [4.69, 9.17) is 4.74 Å². The second-order valence-corrected chi connectivity index (χ2v) is 6.34. The summed E-state index contributed by atoms with van der Waals surface area (Å²) in [5.41, 5.74) is 0.986. The van der Waals surface area contributed by atoms with Crippen molar-refractivity contribution in [3.8, 4) is 16.3 Å². The zero-order valence-electron chi connectivity index (χ0n) is 13.7. The number of ether oxygens (including phenoxy) is 1. The number of hydrogen-bond donors (Lipinski definition) is 1. The van der Waals surface area contributed by atoms with Crippen molar-refractivity contribution in [3.63, 3.8) is 0 Å². The van der Waals surface area contributed by atoms with Crippen LogP contribution in [-0.2, 0) is 0 Å². The molecule has 0 saturated carbocycles. The summed E-state index contributed by atoms with van der Waals surface area (Å²) in [6, 6.07) is 13.6. The number of amides is 1. The molecule has 0 unspecified atom stereocenters. The molecule has 4 nitrogen and oxygen atoms in total. The Kier molecular flexibility index (Phi) is 5.40. The summed E-state index contributed by atoms with van der Waals surface area (Å²) in [6.45, 7) is 2.59. The van der Waals surface area contributed by atoms with Gasteiger partial charge in [-0.05, 0) is 30.7 Å². The maximum Gasteiger partial charge on any atom is 0.267 e. The largest absolute Gasteiger partial charge is 0.491 e. The maximum atomic E-state index is 13.9. The predicted molar refractivity (Wildman–Crippen MR) is 97.7 cm³/mol. The Hall–Kier alpha value is -2.73. The van der Waals surface area contributed by atoms with Gasteiger partial charge in [0.25, 0.3) is 5.91 Å². The van der Waals surface area contributed by atoms with Crippen molar-refractivity contribution in [2.75, 3.05) is 11.9 Å². The number of carbonyl (C=O) groups excluding carboxylic acids is 1. The van der Waals surface area contributed by atoms with Gasteiger partial charge in [0.05, 0.1) is 18.5 Å². The van der Waals surface area contributed by atoms with E-state index in [0.29, 0.717) is 33.5 Å². The monoisotopic (exact) mass is 356 g/mol. The Balaban J connectivity index is 1.78. The quantitative estimate of drug-likeness (QED) is 0.677. The minimum absolute atomic E-state index is 0.298. The molecule has 128 valence electrons. The molecule has 1 amide bonds. The van der Waals surface area contributed by atoms with Gasteiger partial charge in [-0.25, -0.2) is 9.37 Å². The summed E-state index contributed by atoms with van der Waals surface area (Å²) in [7, 11) is 0. The zero-order chi connectivity index (χ0) is 17.6. The lowest BCUT2D eigenvalue weighted by molar-refractivity contribution is 0.103. The molecule has 1 N–H and O–H groups in total. The van der Waals surface area contributed by atoms with Crippen LogP contribution in [0.2, 0.25) is 0 Å². The van der Waals surface area contributed by atoms with E-state index in [2.05, 4.69) is 10.3 Å². The summed E-state index contributed by atoms with van der Waals surface area (Å²) in [6.07, 6.45) is 2.33. The van der Waals surface area contributed by atoms with Gasteiger partial charge in [-0.1, -0.05) is 31.2 Å². The fourth-order valence-corrected chi connectivity index (χ4v) is 3.07. The van der Waals surface area contributed by atoms with Gasteiger partial charge in [0, 0.05) is 5.56 Å². The molecule has 1 heterocycles. The lowest BCUT2D eigenvalue weighted by Crippen LogP contribution is -2.11. The number of aromatic nitrogens is 1. The molecule has 2 aromatic carbocycles. The van der Waals surface area contributed by atoms with E-state index >= 15 is 0 Å². The SMILES string of the molecule is CCCOc1ccccc1NC(=O)c1cnc(-c2ccccc2F)s1. The van der Waals surface area contributed by atoms with Crippen LogP contribution < -0.4 is 10.1 Å². The van der Waals surface area contributed by atoms with Crippen LogP contribution in [0.25, 0.3) is 10.6 Å². The van der Waals surface area contributed by atoms with Gasteiger partial charge in [-0.3, -0.25) is 4.79 Å². The number of para-hydroxylation sites is 2. The highest BCUT2D eigenvalue weighted by Crippen LogP contribution is 2.29. The Labute approximate surface area is 149 Å². The average molecular weight is 356 g/mol. The molecule has 0 spiro atoms. The fourth-order valence-electron chi connectivity index (χ4n) is 2.23. The van der Waals surface area contributed by atoms with Crippen LogP contribution in [0.4, 0.5) is 10.1 Å². The van der Waals surface area contributed by atoms with Gasteiger partial charge in [0.15, 0.2) is 0 Å². The zero-order valence-corrected chi connectivity index (χ0v) is 14.5. The van der Waals surface area contributed by atoms with Gasteiger partial charge in [0.1, 0.15) is 21.5 Å². The molecule has 3 aromatic rings. The first-order valence-corrected chi connectivity index (χ1v) is 8.74. The highest BCUT2D eigenvalue weighted by molar-refractivity contribution is 7.17. The van der Waals surface area contributed by atoms with Gasteiger partial charge in [-0.2, -0.15) is 0 Å². The number of carbonyl (C=O) groups is 1. The topological polar surface area (TPSA) is 51.2 Å². The summed E-state index contributed by atoms with van der Waals surface area (Å²) < 4.78 is 19.5. The van der Waals surface area contributed by atoms with Crippen molar-refractivity contribution >= 4 is 22.9 Å². The molecule has 0 radical (unpaired) electrons. The third-order valence-corrected chi connectivity index (χ3v) is 4.46. The van der Waals surface area contributed by atoms with Gasteiger partial charge in [-0.15, -0.1) is 11.3 Å². The second kappa shape index (κ2) is 7.90. The third kappa shape index (κ3) is 4.03. The summed E-state index contributed by atoms with van der Waals surface area (Å²) >= 11 is 1.15. The second-order valence-electron chi connectivity index (χ2n) is 5.31. The number of rotatable bonds is 6. The Morgan fingerprint density at radius 3 is 2.76 bits per heavy atom. The van der Waals surface area contributed by atoms with E-state index in [1.165, 1.54) is 12.3 Å². The molecule has 1 aromatic heterocycles. The van der Waals surface area contributed by atoms with E-state index in [9.17, 15) is 9.18 Å². The molecule has 0 saturated heterocycles. The van der Waals surface area contributed by atoms with E-state index in [-0.39, 0.29) is 11.7 Å². The van der Waals surface area contributed by atoms with E-state index in [0.717, 1.165) is 17.8 Å². The molecule has 0 aliphatic carbocycles. The van der Waals surface area contributed by atoms with Crippen LogP contribution in [0.5, 0.6) is 5.75 Å². The van der Waals surface area contributed by atoms with E-state index < -0.39 is 0 Å². The number of halogens is 1. The van der Waals surface area contributed by atoms with E-state index in [1.54, 1.807) is 24.3 Å². The molecule has 25 heavy (non-hydrogen) atoms. The number of nitrogens with zero attached hydrogens (tertiary/aromatic N) is 1. The average Bonchev–Trinajstić information content (AvgIpc) is 3.11. The van der Waals surface area contributed by atoms with Crippen molar-refractivity contribution in [1.29, 1.82) is 0 Å².